The van der Waals surface area contributed by atoms with Crippen molar-refractivity contribution in [2.24, 2.45) is 0 Å². The first-order valence-corrected chi connectivity index (χ1v) is 6.35. The number of benzene rings is 2. The fourth-order valence-corrected chi connectivity index (χ4v) is 2.34. The number of halogens is 1. The summed E-state index contributed by atoms with van der Waals surface area (Å²) in [5, 5.41) is 1.58. The van der Waals surface area contributed by atoms with Gasteiger partial charge in [0.25, 0.3) is 0 Å². The molecule has 2 nitrogen and oxygen atoms in total. The Bertz CT molecular complexity index is 740. The van der Waals surface area contributed by atoms with E-state index in [0.717, 1.165) is 27.8 Å². The number of aromatic nitrogens is 1. The van der Waals surface area contributed by atoms with E-state index in [2.05, 4.69) is 11.1 Å². The molecule has 0 aliphatic carbocycles. The topological polar surface area (TPSA) is 22.1 Å². The lowest BCUT2D eigenvalue weighted by molar-refractivity contribution is 0.415. The second-order valence-electron chi connectivity index (χ2n) is 4.25. The third kappa shape index (κ3) is 2.27. The van der Waals surface area contributed by atoms with Crippen molar-refractivity contribution in [3.05, 3.63) is 59.8 Å². The number of methoxy groups -OCH3 is 1. The molecular weight excluding hydrogens is 258 g/mol. The van der Waals surface area contributed by atoms with E-state index in [9.17, 15) is 0 Å². The summed E-state index contributed by atoms with van der Waals surface area (Å²) in [6, 6.07) is 17.8. The first-order chi connectivity index (χ1) is 9.28. The quantitative estimate of drug-likeness (QED) is 0.636. The van der Waals surface area contributed by atoms with Crippen LogP contribution in [0.25, 0.3) is 22.0 Å². The van der Waals surface area contributed by atoms with Crippen molar-refractivity contribution in [2.75, 3.05) is 7.11 Å². The van der Waals surface area contributed by atoms with Gasteiger partial charge >= 0.3 is 0 Å². The number of hydrogen-bond acceptors (Lipinski definition) is 2. The van der Waals surface area contributed by atoms with Crippen LogP contribution >= 0.6 is 11.6 Å². The number of pyridine rings is 1. The van der Waals surface area contributed by atoms with Gasteiger partial charge in [-0.1, -0.05) is 41.9 Å². The predicted molar refractivity (Wildman–Crippen MR) is 78.7 cm³/mol. The van der Waals surface area contributed by atoms with Gasteiger partial charge < -0.3 is 4.74 Å². The van der Waals surface area contributed by atoms with Crippen molar-refractivity contribution in [1.29, 1.82) is 0 Å². The van der Waals surface area contributed by atoms with Gasteiger partial charge in [0.15, 0.2) is 0 Å². The van der Waals surface area contributed by atoms with Gasteiger partial charge in [-0.15, -0.1) is 0 Å². The van der Waals surface area contributed by atoms with E-state index in [1.807, 2.05) is 48.5 Å². The van der Waals surface area contributed by atoms with Gasteiger partial charge in [0.2, 0.25) is 0 Å². The van der Waals surface area contributed by atoms with Gasteiger partial charge in [-0.3, -0.25) is 0 Å². The van der Waals surface area contributed by atoms with Crippen LogP contribution in [-0.4, -0.2) is 12.1 Å². The molecule has 1 heterocycles. The van der Waals surface area contributed by atoms with Crippen LogP contribution in [-0.2, 0) is 0 Å². The molecule has 1 aromatic heterocycles. The van der Waals surface area contributed by atoms with E-state index >= 15 is 0 Å². The molecule has 0 amide bonds. The van der Waals surface area contributed by atoms with E-state index in [0.29, 0.717) is 5.15 Å². The maximum Gasteiger partial charge on any atom is 0.137 e. The fraction of sp³-hybridized carbons (Fsp3) is 0.0625. The van der Waals surface area contributed by atoms with Crippen molar-refractivity contribution in [2.45, 2.75) is 0 Å². The molecule has 0 N–H and O–H groups in total. The average Bonchev–Trinajstić information content (AvgIpc) is 2.46. The monoisotopic (exact) mass is 269 g/mol. The predicted octanol–water partition coefficient (Wildman–Crippen LogP) is 4.56. The summed E-state index contributed by atoms with van der Waals surface area (Å²) in [7, 11) is 1.65. The summed E-state index contributed by atoms with van der Waals surface area (Å²) >= 11 is 6.28. The van der Waals surface area contributed by atoms with Crippen LogP contribution in [0.3, 0.4) is 0 Å². The van der Waals surface area contributed by atoms with Crippen LogP contribution in [0.4, 0.5) is 0 Å². The molecule has 0 bridgehead atoms. The lowest BCUT2D eigenvalue weighted by Gasteiger charge is -2.08. The summed E-state index contributed by atoms with van der Waals surface area (Å²) in [6.45, 7) is 0. The van der Waals surface area contributed by atoms with E-state index in [-0.39, 0.29) is 0 Å². The smallest absolute Gasteiger partial charge is 0.137 e. The molecule has 3 rings (SSSR count). The Morgan fingerprint density at radius 1 is 1.00 bits per heavy atom. The SMILES string of the molecule is COc1cccc(-c2cc3ccccc3nc2Cl)c1. The third-order valence-electron chi connectivity index (χ3n) is 3.06. The molecule has 0 aliphatic heterocycles. The van der Waals surface area contributed by atoms with Gasteiger partial charge in [-0.25, -0.2) is 4.98 Å². The lowest BCUT2D eigenvalue weighted by atomic mass is 10.1. The molecule has 0 unspecified atom stereocenters. The third-order valence-corrected chi connectivity index (χ3v) is 3.35. The second kappa shape index (κ2) is 4.90. The largest absolute Gasteiger partial charge is 0.497 e. The van der Waals surface area contributed by atoms with E-state index in [1.165, 1.54) is 0 Å². The van der Waals surface area contributed by atoms with Gasteiger partial charge in [0.1, 0.15) is 10.9 Å². The Hall–Kier alpha value is -2.06. The van der Waals surface area contributed by atoms with Gasteiger partial charge in [-0.05, 0) is 29.8 Å². The standard InChI is InChI=1S/C16H12ClNO/c1-19-13-7-4-6-11(9-13)14-10-12-5-2-3-8-15(12)18-16(14)17/h2-10H,1H3. The minimum atomic E-state index is 0.506. The van der Waals surface area contributed by atoms with Crippen molar-refractivity contribution >= 4 is 22.5 Å². The van der Waals surface area contributed by atoms with Crippen LogP contribution in [0.2, 0.25) is 5.15 Å². The van der Waals surface area contributed by atoms with Crippen molar-refractivity contribution in [3.63, 3.8) is 0 Å². The molecule has 0 saturated carbocycles. The zero-order valence-corrected chi connectivity index (χ0v) is 11.2. The van der Waals surface area contributed by atoms with Gasteiger partial charge in [-0.2, -0.15) is 0 Å². The molecule has 0 saturated heterocycles. The van der Waals surface area contributed by atoms with Crippen LogP contribution < -0.4 is 4.74 Å². The second-order valence-corrected chi connectivity index (χ2v) is 4.61. The highest BCUT2D eigenvalue weighted by Gasteiger charge is 2.07. The first kappa shape index (κ1) is 12.0. The zero-order chi connectivity index (χ0) is 13.2. The summed E-state index contributed by atoms with van der Waals surface area (Å²) in [6.07, 6.45) is 0. The molecule has 0 fully saturated rings. The molecule has 0 atom stereocenters. The highest BCUT2D eigenvalue weighted by Crippen LogP contribution is 2.31. The Morgan fingerprint density at radius 2 is 1.84 bits per heavy atom. The number of rotatable bonds is 2. The molecule has 2 aromatic carbocycles. The van der Waals surface area contributed by atoms with Crippen molar-refractivity contribution in [1.82, 2.24) is 4.98 Å². The van der Waals surface area contributed by atoms with Crippen LogP contribution in [0.15, 0.2) is 54.6 Å². The summed E-state index contributed by atoms with van der Waals surface area (Å²) in [4.78, 5) is 4.43. The summed E-state index contributed by atoms with van der Waals surface area (Å²) in [5.74, 6) is 0.807. The molecule has 94 valence electrons. The molecule has 3 heteroatoms. The minimum Gasteiger partial charge on any atom is -0.497 e. The molecule has 19 heavy (non-hydrogen) atoms. The molecule has 0 spiro atoms. The maximum absolute atomic E-state index is 6.28. The number of fused-ring (bicyclic) bond motifs is 1. The Labute approximate surface area is 116 Å². The van der Waals surface area contributed by atoms with Crippen LogP contribution in [0.5, 0.6) is 5.75 Å². The maximum atomic E-state index is 6.28. The van der Waals surface area contributed by atoms with Crippen LogP contribution in [0, 0.1) is 0 Å². The fourth-order valence-electron chi connectivity index (χ4n) is 2.09. The van der Waals surface area contributed by atoms with Crippen LogP contribution in [0.1, 0.15) is 0 Å². The highest BCUT2D eigenvalue weighted by molar-refractivity contribution is 6.32. The Balaban J connectivity index is 2.20. The highest BCUT2D eigenvalue weighted by atomic mass is 35.5. The Morgan fingerprint density at radius 3 is 2.68 bits per heavy atom. The normalized spacial score (nSPS) is 10.6. The summed E-state index contributed by atoms with van der Waals surface area (Å²) < 4.78 is 5.24. The number of nitrogens with zero attached hydrogens (tertiary/aromatic N) is 1. The van der Waals surface area contributed by atoms with Gasteiger partial charge in [0, 0.05) is 10.9 Å². The number of ether oxygens (including phenoxy) is 1. The number of hydrogen-bond donors (Lipinski definition) is 0. The number of para-hydroxylation sites is 1. The zero-order valence-electron chi connectivity index (χ0n) is 10.4. The Kier molecular flexibility index (Phi) is 3.10. The molecule has 0 radical (unpaired) electrons. The molecular formula is C16H12ClNO. The lowest BCUT2D eigenvalue weighted by Crippen LogP contribution is -1.87. The van der Waals surface area contributed by atoms with E-state index < -0.39 is 0 Å². The summed E-state index contributed by atoms with van der Waals surface area (Å²) in [5.41, 5.74) is 2.82. The first-order valence-electron chi connectivity index (χ1n) is 5.97. The minimum absolute atomic E-state index is 0.506. The molecule has 3 aromatic rings. The van der Waals surface area contributed by atoms with Crippen molar-refractivity contribution in [3.8, 4) is 16.9 Å². The van der Waals surface area contributed by atoms with E-state index in [1.54, 1.807) is 7.11 Å². The van der Waals surface area contributed by atoms with Crippen molar-refractivity contribution < 1.29 is 4.74 Å². The van der Waals surface area contributed by atoms with Gasteiger partial charge in [0.05, 0.1) is 12.6 Å². The molecule has 0 aliphatic rings. The average molecular weight is 270 g/mol. The van der Waals surface area contributed by atoms with E-state index in [4.69, 9.17) is 16.3 Å².